The third-order valence-electron chi connectivity index (χ3n) is 1.68. The molecule has 0 bridgehead atoms. The van der Waals surface area contributed by atoms with Crippen molar-refractivity contribution in [2.75, 3.05) is 6.54 Å². The molecule has 0 saturated carbocycles. The number of hydrogen-bond acceptors (Lipinski definition) is 1. The van der Waals surface area contributed by atoms with E-state index in [4.69, 9.17) is 0 Å². The van der Waals surface area contributed by atoms with Gasteiger partial charge in [-0.2, -0.15) is 13.2 Å². The second kappa shape index (κ2) is 2.71. The average Bonchev–Trinajstić information content (AvgIpc) is 1.86. The predicted octanol–water partition coefficient (Wildman–Crippen LogP) is 1.07. The van der Waals surface area contributed by atoms with Gasteiger partial charge in [-0.3, -0.25) is 4.79 Å². The molecule has 1 N–H and O–H groups in total. The van der Waals surface area contributed by atoms with Gasteiger partial charge in [0.05, 0.1) is 0 Å². The van der Waals surface area contributed by atoms with Crippen LogP contribution in [0.1, 0.15) is 12.8 Å². The molecule has 0 aromatic rings. The Morgan fingerprint density at radius 3 is 2.45 bits per heavy atom. The molecule has 1 aliphatic rings. The predicted molar refractivity (Wildman–Crippen MR) is 31.8 cm³/mol. The van der Waals surface area contributed by atoms with Gasteiger partial charge in [-0.25, -0.2) is 0 Å². The summed E-state index contributed by atoms with van der Waals surface area (Å²) < 4.78 is 35.8. The summed E-state index contributed by atoms with van der Waals surface area (Å²) in [5, 5.41) is 2.18. The van der Waals surface area contributed by atoms with Crippen LogP contribution in [0.2, 0.25) is 0 Å². The SMILES string of the molecule is O=C1NCCC[C@@H]1C(F)(F)F. The number of hydrogen-bond donors (Lipinski definition) is 1. The maximum atomic E-state index is 11.9. The molecule has 1 atom stereocenters. The second-order valence-electron chi connectivity index (χ2n) is 2.53. The molecule has 1 fully saturated rings. The van der Waals surface area contributed by atoms with Crippen molar-refractivity contribution >= 4 is 5.91 Å². The highest BCUT2D eigenvalue weighted by atomic mass is 19.4. The molecule has 0 aromatic carbocycles. The van der Waals surface area contributed by atoms with E-state index in [1.807, 2.05) is 0 Å². The van der Waals surface area contributed by atoms with Crippen molar-refractivity contribution in [3.05, 3.63) is 0 Å². The third kappa shape index (κ3) is 1.85. The van der Waals surface area contributed by atoms with E-state index >= 15 is 0 Å². The van der Waals surface area contributed by atoms with Crippen LogP contribution in [0.3, 0.4) is 0 Å². The van der Waals surface area contributed by atoms with E-state index in [1.165, 1.54) is 0 Å². The molecule has 0 unspecified atom stereocenters. The fourth-order valence-corrected chi connectivity index (χ4v) is 1.08. The van der Waals surface area contributed by atoms with Gasteiger partial charge in [-0.05, 0) is 12.8 Å². The summed E-state index contributed by atoms with van der Waals surface area (Å²) in [5.74, 6) is -2.67. The molecule has 64 valence electrons. The number of rotatable bonds is 0. The minimum atomic E-state index is -4.37. The summed E-state index contributed by atoms with van der Waals surface area (Å²) in [6.07, 6.45) is -4.03. The lowest BCUT2D eigenvalue weighted by atomic mass is 9.98. The maximum Gasteiger partial charge on any atom is 0.400 e. The van der Waals surface area contributed by atoms with Crippen molar-refractivity contribution in [3.63, 3.8) is 0 Å². The Balaban J connectivity index is 2.62. The summed E-state index contributed by atoms with van der Waals surface area (Å²) >= 11 is 0. The fraction of sp³-hybridized carbons (Fsp3) is 0.833. The van der Waals surface area contributed by atoms with Crippen molar-refractivity contribution in [3.8, 4) is 0 Å². The van der Waals surface area contributed by atoms with E-state index in [-0.39, 0.29) is 6.42 Å². The number of alkyl halides is 3. The molecule has 5 heteroatoms. The van der Waals surface area contributed by atoms with Crippen LogP contribution >= 0.6 is 0 Å². The van der Waals surface area contributed by atoms with Crippen LogP contribution in [0, 0.1) is 5.92 Å². The number of piperidine rings is 1. The van der Waals surface area contributed by atoms with Crippen LogP contribution in [0.5, 0.6) is 0 Å². The van der Waals surface area contributed by atoms with E-state index in [2.05, 4.69) is 5.32 Å². The number of carbonyl (C=O) groups excluding carboxylic acids is 1. The normalized spacial score (nSPS) is 26.5. The molecule has 1 aliphatic heterocycles. The first-order valence-corrected chi connectivity index (χ1v) is 3.36. The molecule has 1 amide bonds. The van der Waals surface area contributed by atoms with E-state index < -0.39 is 18.0 Å². The first-order valence-electron chi connectivity index (χ1n) is 3.36. The highest BCUT2D eigenvalue weighted by molar-refractivity contribution is 5.80. The van der Waals surface area contributed by atoms with Gasteiger partial charge in [-0.1, -0.05) is 0 Å². The van der Waals surface area contributed by atoms with Crippen molar-refractivity contribution in [2.45, 2.75) is 19.0 Å². The molecule has 1 rings (SSSR count). The lowest BCUT2D eigenvalue weighted by molar-refractivity contribution is -0.186. The number of amides is 1. The number of carbonyl (C=O) groups is 1. The van der Waals surface area contributed by atoms with Gasteiger partial charge in [0.15, 0.2) is 0 Å². The Hall–Kier alpha value is -0.740. The number of halogens is 3. The standard InChI is InChI=1S/C6H8F3NO/c7-6(8,9)4-2-1-3-10-5(4)11/h4H,1-3H2,(H,10,11)/t4-/m0/s1. The van der Waals surface area contributed by atoms with Gasteiger partial charge in [0, 0.05) is 6.54 Å². The summed E-state index contributed by atoms with van der Waals surface area (Å²) in [4.78, 5) is 10.6. The largest absolute Gasteiger partial charge is 0.400 e. The monoisotopic (exact) mass is 167 g/mol. The quantitative estimate of drug-likeness (QED) is 0.574. The van der Waals surface area contributed by atoms with E-state index in [9.17, 15) is 18.0 Å². The first-order chi connectivity index (χ1) is 5.02. The van der Waals surface area contributed by atoms with Gasteiger partial charge in [0.25, 0.3) is 0 Å². The topological polar surface area (TPSA) is 29.1 Å². The van der Waals surface area contributed by atoms with Crippen LogP contribution in [-0.2, 0) is 4.79 Å². The highest BCUT2D eigenvalue weighted by Gasteiger charge is 2.45. The minimum Gasteiger partial charge on any atom is -0.356 e. The Kier molecular flexibility index (Phi) is 2.06. The van der Waals surface area contributed by atoms with Crippen molar-refractivity contribution in [2.24, 2.45) is 5.92 Å². The van der Waals surface area contributed by atoms with Crippen LogP contribution in [0.15, 0.2) is 0 Å². The molecule has 0 aromatic heterocycles. The summed E-state index contributed by atoms with van der Waals surface area (Å²) in [5.41, 5.74) is 0. The summed E-state index contributed by atoms with van der Waals surface area (Å²) in [6, 6.07) is 0. The average molecular weight is 167 g/mol. The zero-order chi connectivity index (χ0) is 8.48. The Morgan fingerprint density at radius 2 is 2.09 bits per heavy atom. The zero-order valence-electron chi connectivity index (χ0n) is 5.74. The molecule has 2 nitrogen and oxygen atoms in total. The molecular formula is C6H8F3NO. The van der Waals surface area contributed by atoms with Gasteiger partial charge >= 0.3 is 6.18 Å². The lowest BCUT2D eigenvalue weighted by Gasteiger charge is -2.23. The fourth-order valence-electron chi connectivity index (χ4n) is 1.08. The van der Waals surface area contributed by atoms with Crippen LogP contribution in [0.4, 0.5) is 13.2 Å². The lowest BCUT2D eigenvalue weighted by Crippen LogP contribution is -2.43. The van der Waals surface area contributed by atoms with Crippen LogP contribution in [-0.4, -0.2) is 18.6 Å². The Labute approximate surface area is 61.8 Å². The molecule has 1 heterocycles. The van der Waals surface area contributed by atoms with Crippen molar-refractivity contribution in [1.29, 1.82) is 0 Å². The second-order valence-corrected chi connectivity index (χ2v) is 2.53. The Bertz CT molecular complexity index is 166. The van der Waals surface area contributed by atoms with E-state index in [0.29, 0.717) is 13.0 Å². The molecule has 1 saturated heterocycles. The van der Waals surface area contributed by atoms with E-state index in [1.54, 1.807) is 0 Å². The summed E-state index contributed by atoms with van der Waals surface area (Å²) in [7, 11) is 0. The Morgan fingerprint density at radius 1 is 1.45 bits per heavy atom. The number of nitrogens with one attached hydrogen (secondary N) is 1. The molecule has 0 aliphatic carbocycles. The molecular weight excluding hydrogens is 159 g/mol. The maximum absolute atomic E-state index is 11.9. The molecule has 0 radical (unpaired) electrons. The van der Waals surface area contributed by atoms with Crippen LogP contribution < -0.4 is 5.32 Å². The smallest absolute Gasteiger partial charge is 0.356 e. The third-order valence-corrected chi connectivity index (χ3v) is 1.68. The molecule has 11 heavy (non-hydrogen) atoms. The minimum absolute atomic E-state index is 0.0741. The summed E-state index contributed by atoms with van der Waals surface area (Å²) in [6.45, 7) is 0.366. The highest BCUT2D eigenvalue weighted by Crippen LogP contribution is 2.31. The van der Waals surface area contributed by atoms with Crippen molar-refractivity contribution < 1.29 is 18.0 Å². The molecule has 0 spiro atoms. The van der Waals surface area contributed by atoms with Crippen LogP contribution in [0.25, 0.3) is 0 Å². The van der Waals surface area contributed by atoms with Gasteiger partial charge in [0.1, 0.15) is 5.92 Å². The van der Waals surface area contributed by atoms with E-state index in [0.717, 1.165) is 0 Å². The van der Waals surface area contributed by atoms with Gasteiger partial charge in [0.2, 0.25) is 5.91 Å². The van der Waals surface area contributed by atoms with Crippen molar-refractivity contribution in [1.82, 2.24) is 5.32 Å². The zero-order valence-corrected chi connectivity index (χ0v) is 5.74. The van der Waals surface area contributed by atoms with Gasteiger partial charge in [-0.15, -0.1) is 0 Å². The van der Waals surface area contributed by atoms with Gasteiger partial charge < -0.3 is 5.32 Å². The first kappa shape index (κ1) is 8.36.